The number of esters is 2. The lowest BCUT2D eigenvalue weighted by Gasteiger charge is -2.28. The summed E-state index contributed by atoms with van der Waals surface area (Å²) in [5.41, 5.74) is 4.02. The zero-order valence-electron chi connectivity index (χ0n) is 33.0. The van der Waals surface area contributed by atoms with Crippen LogP contribution in [0, 0.1) is 0 Å². The summed E-state index contributed by atoms with van der Waals surface area (Å²) in [4.78, 5) is 49.1. The zero-order valence-corrected chi connectivity index (χ0v) is 34.4. The minimum atomic E-state index is -0.891. The highest BCUT2D eigenvalue weighted by Gasteiger charge is 2.28. The van der Waals surface area contributed by atoms with Crippen LogP contribution in [0.4, 0.5) is 0 Å². The second-order valence-corrected chi connectivity index (χ2v) is 17.0. The maximum Gasteiger partial charge on any atom is 0.309 e. The number of carbonyl (C=O) groups excluding carboxylic acids is 4. The number of ether oxygens (including phenoxy) is 2. The molecule has 286 valence electrons. The average Bonchev–Trinajstić information content (AvgIpc) is 2.97. The molecule has 0 spiro atoms. The SMILES string of the molecule is CC(C)(C)c1cc(CCC(=O)OCCNC(=O)C(=O)NCCOC(=O)CCc2cc(C(C)(C)C)c(O)c(C(C)(C)C)c2)cc(C(C)(C)C)c1O.P. The number of phenolic OH excluding ortho intramolecular Hbond substituents is 2. The molecule has 0 heterocycles. The molecule has 0 saturated carbocycles. The van der Waals surface area contributed by atoms with Crippen molar-refractivity contribution in [2.75, 3.05) is 26.3 Å². The average molecular weight is 731 g/mol. The predicted molar refractivity (Wildman–Crippen MR) is 207 cm³/mol. The van der Waals surface area contributed by atoms with Gasteiger partial charge in [-0.1, -0.05) is 107 Å². The summed E-state index contributed by atoms with van der Waals surface area (Å²) >= 11 is 0. The van der Waals surface area contributed by atoms with Gasteiger partial charge in [-0.2, -0.15) is 9.90 Å². The summed E-state index contributed by atoms with van der Waals surface area (Å²) in [6, 6.07) is 7.72. The van der Waals surface area contributed by atoms with Gasteiger partial charge in [-0.3, -0.25) is 19.2 Å². The first-order valence-electron chi connectivity index (χ1n) is 17.4. The molecule has 51 heavy (non-hydrogen) atoms. The van der Waals surface area contributed by atoms with E-state index in [4.69, 9.17) is 9.47 Å². The zero-order chi connectivity index (χ0) is 38.2. The van der Waals surface area contributed by atoms with Gasteiger partial charge in [0.25, 0.3) is 0 Å². The van der Waals surface area contributed by atoms with E-state index < -0.39 is 23.8 Å². The van der Waals surface area contributed by atoms with E-state index in [0.717, 1.165) is 33.4 Å². The molecule has 0 saturated heterocycles. The van der Waals surface area contributed by atoms with Crippen molar-refractivity contribution in [3.63, 3.8) is 0 Å². The quantitative estimate of drug-likeness (QED) is 0.0869. The Morgan fingerprint density at radius 1 is 0.529 bits per heavy atom. The van der Waals surface area contributed by atoms with Crippen LogP contribution in [0.25, 0.3) is 0 Å². The Kier molecular flexibility index (Phi) is 16.2. The lowest BCUT2D eigenvalue weighted by Crippen LogP contribution is -2.42. The fourth-order valence-corrected chi connectivity index (χ4v) is 5.42. The van der Waals surface area contributed by atoms with Crippen molar-refractivity contribution < 1.29 is 38.9 Å². The minimum Gasteiger partial charge on any atom is -0.507 e. The number of carbonyl (C=O) groups is 4. The molecule has 0 aliphatic heterocycles. The summed E-state index contributed by atoms with van der Waals surface area (Å²) in [5.74, 6) is -2.10. The Bertz CT molecular complexity index is 1350. The molecule has 0 aromatic heterocycles. The number of hydrogen-bond acceptors (Lipinski definition) is 8. The lowest BCUT2D eigenvalue weighted by atomic mass is 9.78. The number of aryl methyl sites for hydroxylation is 2. The van der Waals surface area contributed by atoms with Gasteiger partial charge in [0.2, 0.25) is 0 Å². The fourth-order valence-electron chi connectivity index (χ4n) is 5.42. The first-order chi connectivity index (χ1) is 22.8. The number of hydrogen-bond donors (Lipinski definition) is 4. The Morgan fingerprint density at radius 2 is 0.784 bits per heavy atom. The van der Waals surface area contributed by atoms with Crippen LogP contribution in [0.5, 0.6) is 11.5 Å². The van der Waals surface area contributed by atoms with Crippen LogP contribution in [-0.4, -0.2) is 60.3 Å². The smallest absolute Gasteiger partial charge is 0.309 e. The second kappa shape index (κ2) is 18.2. The van der Waals surface area contributed by atoms with Crippen LogP contribution in [0.2, 0.25) is 0 Å². The molecule has 0 aliphatic rings. The van der Waals surface area contributed by atoms with E-state index in [-0.39, 0.29) is 82.2 Å². The highest BCUT2D eigenvalue weighted by molar-refractivity contribution is 6.92. The fraction of sp³-hybridized carbons (Fsp3) is 0.600. The molecule has 2 aromatic carbocycles. The van der Waals surface area contributed by atoms with Crippen LogP contribution in [0.3, 0.4) is 0 Å². The van der Waals surface area contributed by atoms with Gasteiger partial charge in [0, 0.05) is 12.8 Å². The first-order valence-corrected chi connectivity index (χ1v) is 17.4. The monoisotopic (exact) mass is 730 g/mol. The van der Waals surface area contributed by atoms with Gasteiger partial charge in [-0.05, 0) is 67.9 Å². The summed E-state index contributed by atoms with van der Waals surface area (Å²) in [6.45, 7) is 24.1. The van der Waals surface area contributed by atoms with Crippen molar-refractivity contribution in [1.82, 2.24) is 10.6 Å². The first kappa shape index (κ1) is 45.4. The molecule has 4 N–H and O–H groups in total. The molecular weight excluding hydrogens is 667 g/mol. The largest absolute Gasteiger partial charge is 0.507 e. The van der Waals surface area contributed by atoms with Crippen molar-refractivity contribution in [3.05, 3.63) is 57.6 Å². The van der Waals surface area contributed by atoms with Gasteiger partial charge >= 0.3 is 23.8 Å². The standard InChI is InChI=1S/C40H60N2O8.H3P/c1-37(2,3)27-21-25(22-28(33(27)45)38(4,5)6)13-15-31(43)49-19-17-41-35(47)36(48)42-18-20-50-32(44)16-14-26-23-29(39(7,8)9)34(46)30(24-26)40(10,11)12;/h21-24,45-46H,13-20H2,1-12H3,(H,41,47)(H,42,48);1H3. The molecule has 2 aromatic rings. The van der Waals surface area contributed by atoms with E-state index in [2.05, 4.69) is 10.6 Å². The van der Waals surface area contributed by atoms with Crippen LogP contribution in [0.15, 0.2) is 24.3 Å². The Morgan fingerprint density at radius 3 is 1.02 bits per heavy atom. The lowest BCUT2D eigenvalue weighted by molar-refractivity contribution is -0.145. The van der Waals surface area contributed by atoms with E-state index in [0.29, 0.717) is 12.8 Å². The number of rotatable bonds is 12. The van der Waals surface area contributed by atoms with Gasteiger partial charge < -0.3 is 30.3 Å². The van der Waals surface area contributed by atoms with Gasteiger partial charge in [-0.25, -0.2) is 0 Å². The highest BCUT2D eigenvalue weighted by Crippen LogP contribution is 2.41. The molecule has 2 amide bonds. The van der Waals surface area contributed by atoms with E-state index >= 15 is 0 Å². The second-order valence-electron chi connectivity index (χ2n) is 17.0. The van der Waals surface area contributed by atoms with E-state index in [1.165, 1.54) is 0 Å². The third-order valence-electron chi connectivity index (χ3n) is 8.31. The van der Waals surface area contributed by atoms with Gasteiger partial charge in [0.05, 0.1) is 13.1 Å². The molecule has 10 nitrogen and oxygen atoms in total. The predicted octanol–water partition coefficient (Wildman–Crippen LogP) is 6.23. The minimum absolute atomic E-state index is 0. The van der Waals surface area contributed by atoms with Gasteiger partial charge in [0.1, 0.15) is 24.7 Å². The highest BCUT2D eigenvalue weighted by atomic mass is 31.0. The van der Waals surface area contributed by atoms with E-state index in [1.54, 1.807) is 0 Å². The maximum absolute atomic E-state index is 12.4. The van der Waals surface area contributed by atoms with Crippen molar-refractivity contribution in [3.8, 4) is 11.5 Å². The Balaban J connectivity index is 0.0000130. The number of phenols is 2. The number of aromatic hydroxyl groups is 2. The number of amides is 2. The molecular formula is C40H63N2O8P. The summed E-state index contributed by atoms with van der Waals surface area (Å²) in [5, 5.41) is 26.6. The molecule has 1 atom stereocenters. The Hall–Kier alpha value is -3.65. The van der Waals surface area contributed by atoms with Crippen molar-refractivity contribution in [1.29, 1.82) is 0 Å². The summed E-state index contributed by atoms with van der Waals surface area (Å²) in [7, 11) is 0. The summed E-state index contributed by atoms with van der Waals surface area (Å²) in [6.07, 6.45) is 1.10. The van der Waals surface area contributed by atoms with E-state index in [9.17, 15) is 29.4 Å². The molecule has 0 bridgehead atoms. The van der Waals surface area contributed by atoms with Crippen molar-refractivity contribution in [2.45, 2.75) is 130 Å². The third-order valence-corrected chi connectivity index (χ3v) is 8.31. The molecule has 0 fully saturated rings. The van der Waals surface area contributed by atoms with Crippen LogP contribution >= 0.6 is 9.90 Å². The normalized spacial score (nSPS) is 12.1. The van der Waals surface area contributed by atoms with Crippen LogP contribution < -0.4 is 10.6 Å². The maximum atomic E-state index is 12.4. The van der Waals surface area contributed by atoms with Crippen LogP contribution in [-0.2, 0) is 63.2 Å². The summed E-state index contributed by atoms with van der Waals surface area (Å²) < 4.78 is 10.5. The van der Waals surface area contributed by atoms with Crippen molar-refractivity contribution in [2.24, 2.45) is 0 Å². The van der Waals surface area contributed by atoms with Crippen molar-refractivity contribution >= 4 is 33.7 Å². The topological polar surface area (TPSA) is 151 Å². The molecule has 2 rings (SSSR count). The molecule has 1 unspecified atom stereocenters. The third kappa shape index (κ3) is 14.1. The van der Waals surface area contributed by atoms with E-state index in [1.807, 2.05) is 107 Å². The molecule has 11 heteroatoms. The number of benzene rings is 2. The van der Waals surface area contributed by atoms with Crippen LogP contribution in [0.1, 0.15) is 129 Å². The number of nitrogens with one attached hydrogen (secondary N) is 2. The Labute approximate surface area is 308 Å². The molecule has 0 aliphatic carbocycles. The van der Waals surface area contributed by atoms with Gasteiger partial charge in [-0.15, -0.1) is 0 Å². The molecule has 0 radical (unpaired) electrons. The van der Waals surface area contributed by atoms with Gasteiger partial charge in [0.15, 0.2) is 0 Å².